The van der Waals surface area contributed by atoms with E-state index in [1.165, 1.54) is 6.20 Å². The van der Waals surface area contributed by atoms with Crippen LogP contribution < -0.4 is 5.32 Å². The van der Waals surface area contributed by atoms with Gasteiger partial charge in [-0.2, -0.15) is 10.5 Å². The van der Waals surface area contributed by atoms with E-state index in [0.29, 0.717) is 5.56 Å². The normalized spacial score (nSPS) is 9.33. The second kappa shape index (κ2) is 7.62. The fourth-order valence-corrected chi connectivity index (χ4v) is 2.07. The van der Waals surface area contributed by atoms with Crippen molar-refractivity contribution >= 4 is 11.6 Å². The average Bonchev–Trinajstić information content (AvgIpc) is 2.62. The number of carbonyl (C=O) groups excluding carboxylic acids is 1. The summed E-state index contributed by atoms with van der Waals surface area (Å²) in [6.07, 6.45) is 1.37. The van der Waals surface area contributed by atoms with Crippen molar-refractivity contribution in [2.24, 2.45) is 0 Å². The molecule has 2 aromatic carbocycles. The van der Waals surface area contributed by atoms with Gasteiger partial charge in [0.2, 0.25) is 0 Å². The second-order valence-corrected chi connectivity index (χ2v) is 5.28. The Labute approximate surface area is 141 Å². The van der Waals surface area contributed by atoms with Gasteiger partial charge in [0.25, 0.3) is 5.91 Å². The molecule has 5 heteroatoms. The van der Waals surface area contributed by atoms with Crippen molar-refractivity contribution in [2.75, 3.05) is 19.4 Å². The number of rotatable bonds is 4. The van der Waals surface area contributed by atoms with Gasteiger partial charge in [-0.05, 0) is 35.4 Å². The molecule has 0 fully saturated rings. The number of hydrogen-bond acceptors (Lipinski definition) is 4. The Bertz CT molecular complexity index is 819. The molecule has 0 saturated heterocycles. The maximum absolute atomic E-state index is 11.9. The molecule has 0 spiro atoms. The third-order valence-corrected chi connectivity index (χ3v) is 3.38. The molecule has 118 valence electrons. The highest BCUT2D eigenvalue weighted by atomic mass is 16.2. The first-order valence-corrected chi connectivity index (χ1v) is 7.24. The summed E-state index contributed by atoms with van der Waals surface area (Å²) in [5, 5.41) is 20.3. The van der Waals surface area contributed by atoms with Crippen LogP contribution in [0.2, 0.25) is 0 Å². The van der Waals surface area contributed by atoms with Crippen molar-refractivity contribution < 1.29 is 4.79 Å². The lowest BCUT2D eigenvalue weighted by atomic mass is 10.0. The Balaban J connectivity index is 2.14. The van der Waals surface area contributed by atoms with E-state index in [1.807, 2.05) is 36.4 Å². The molecule has 1 N–H and O–H groups in total. The smallest absolute Gasteiger partial charge is 0.253 e. The summed E-state index contributed by atoms with van der Waals surface area (Å²) < 4.78 is 0. The Kier molecular flexibility index (Phi) is 5.33. The monoisotopic (exact) mass is 316 g/mol. The molecule has 0 aliphatic carbocycles. The molecule has 0 atom stereocenters. The third kappa shape index (κ3) is 4.00. The van der Waals surface area contributed by atoms with Crippen LogP contribution in [0.5, 0.6) is 0 Å². The molecule has 2 rings (SSSR count). The van der Waals surface area contributed by atoms with E-state index >= 15 is 0 Å². The lowest BCUT2D eigenvalue weighted by Gasteiger charge is -2.10. The van der Waals surface area contributed by atoms with Crippen LogP contribution in [0.4, 0.5) is 5.69 Å². The number of carbonyl (C=O) groups is 1. The summed E-state index contributed by atoms with van der Waals surface area (Å²) in [5.41, 5.74) is 3.45. The number of anilines is 1. The van der Waals surface area contributed by atoms with Crippen LogP contribution in [0.25, 0.3) is 11.1 Å². The van der Waals surface area contributed by atoms with Crippen molar-refractivity contribution in [2.45, 2.75) is 0 Å². The summed E-state index contributed by atoms with van der Waals surface area (Å²) in [6.45, 7) is 0. The van der Waals surface area contributed by atoms with Gasteiger partial charge in [0.1, 0.15) is 17.7 Å². The molecule has 0 aliphatic heterocycles. The summed E-state index contributed by atoms with van der Waals surface area (Å²) in [5.74, 6) is -0.0290. The molecule has 2 aromatic rings. The van der Waals surface area contributed by atoms with Gasteiger partial charge in [-0.15, -0.1) is 0 Å². The van der Waals surface area contributed by atoms with E-state index in [0.717, 1.165) is 16.8 Å². The van der Waals surface area contributed by atoms with Gasteiger partial charge in [0.15, 0.2) is 0 Å². The predicted molar refractivity (Wildman–Crippen MR) is 92.8 cm³/mol. The highest BCUT2D eigenvalue weighted by Crippen LogP contribution is 2.22. The minimum absolute atomic E-state index is 0.0141. The molecule has 0 radical (unpaired) electrons. The fourth-order valence-electron chi connectivity index (χ4n) is 2.07. The SMILES string of the molecule is CN(C)C(=O)c1ccc(-c2ccc(NC=C(C#N)C#N)cc2)cc1. The van der Waals surface area contributed by atoms with Crippen molar-refractivity contribution in [3.8, 4) is 23.3 Å². The van der Waals surface area contributed by atoms with E-state index in [1.54, 1.807) is 43.3 Å². The molecule has 0 saturated carbocycles. The minimum Gasteiger partial charge on any atom is -0.360 e. The Morgan fingerprint density at radius 2 is 1.46 bits per heavy atom. The van der Waals surface area contributed by atoms with Crippen LogP contribution in [0, 0.1) is 22.7 Å². The van der Waals surface area contributed by atoms with Gasteiger partial charge in [0, 0.05) is 31.5 Å². The fraction of sp³-hybridized carbons (Fsp3) is 0.105. The van der Waals surface area contributed by atoms with E-state index in [9.17, 15) is 4.79 Å². The number of amides is 1. The van der Waals surface area contributed by atoms with Crippen LogP contribution in [-0.2, 0) is 0 Å². The number of benzene rings is 2. The molecule has 0 bridgehead atoms. The van der Waals surface area contributed by atoms with Crippen LogP contribution in [-0.4, -0.2) is 24.9 Å². The lowest BCUT2D eigenvalue weighted by Crippen LogP contribution is -2.21. The number of nitrogens with zero attached hydrogens (tertiary/aromatic N) is 3. The molecular weight excluding hydrogens is 300 g/mol. The summed E-state index contributed by atoms with van der Waals surface area (Å²) >= 11 is 0. The predicted octanol–water partition coefficient (Wildman–Crippen LogP) is 3.40. The average molecular weight is 316 g/mol. The molecular formula is C19H16N4O. The standard InChI is InChI=1S/C19H16N4O/c1-23(2)19(24)17-5-3-15(4-6-17)16-7-9-18(10-8-16)22-13-14(11-20)12-21/h3-10,13,22H,1-2H3. The van der Waals surface area contributed by atoms with Gasteiger partial charge in [-0.3, -0.25) is 4.79 Å². The molecule has 0 heterocycles. The maximum atomic E-state index is 11.9. The Morgan fingerprint density at radius 3 is 1.92 bits per heavy atom. The second-order valence-electron chi connectivity index (χ2n) is 5.28. The van der Waals surface area contributed by atoms with Gasteiger partial charge in [-0.25, -0.2) is 0 Å². The zero-order valence-corrected chi connectivity index (χ0v) is 13.4. The minimum atomic E-state index is -0.0290. The molecule has 5 nitrogen and oxygen atoms in total. The van der Waals surface area contributed by atoms with Crippen LogP contribution in [0.1, 0.15) is 10.4 Å². The van der Waals surface area contributed by atoms with Crippen molar-refractivity contribution in [1.82, 2.24) is 4.90 Å². The van der Waals surface area contributed by atoms with Gasteiger partial charge in [-0.1, -0.05) is 24.3 Å². The van der Waals surface area contributed by atoms with Gasteiger partial charge >= 0.3 is 0 Å². The first kappa shape index (κ1) is 16.8. The first-order valence-electron chi connectivity index (χ1n) is 7.24. The van der Waals surface area contributed by atoms with Crippen molar-refractivity contribution in [1.29, 1.82) is 10.5 Å². The third-order valence-electron chi connectivity index (χ3n) is 3.38. The number of nitriles is 2. The Morgan fingerprint density at radius 1 is 0.958 bits per heavy atom. The lowest BCUT2D eigenvalue weighted by molar-refractivity contribution is 0.0827. The van der Waals surface area contributed by atoms with E-state index < -0.39 is 0 Å². The van der Waals surface area contributed by atoms with Gasteiger partial charge < -0.3 is 10.2 Å². The number of hydrogen-bond donors (Lipinski definition) is 1. The highest BCUT2D eigenvalue weighted by Gasteiger charge is 2.07. The molecule has 1 amide bonds. The summed E-state index contributed by atoms with van der Waals surface area (Å²) in [4.78, 5) is 13.4. The summed E-state index contributed by atoms with van der Waals surface area (Å²) in [6, 6.07) is 18.6. The highest BCUT2D eigenvalue weighted by molar-refractivity contribution is 5.94. The van der Waals surface area contributed by atoms with Crippen LogP contribution in [0.15, 0.2) is 60.3 Å². The molecule has 24 heavy (non-hydrogen) atoms. The molecule has 0 unspecified atom stereocenters. The van der Waals surface area contributed by atoms with Crippen molar-refractivity contribution in [3.05, 3.63) is 65.9 Å². The van der Waals surface area contributed by atoms with Crippen molar-refractivity contribution in [3.63, 3.8) is 0 Å². The number of nitrogens with one attached hydrogen (secondary N) is 1. The molecule has 0 aromatic heterocycles. The number of allylic oxidation sites excluding steroid dienone is 1. The van der Waals surface area contributed by atoms with Gasteiger partial charge in [0.05, 0.1) is 0 Å². The quantitative estimate of drug-likeness (QED) is 0.877. The summed E-state index contributed by atoms with van der Waals surface area (Å²) in [7, 11) is 3.45. The van der Waals surface area contributed by atoms with E-state index in [2.05, 4.69) is 5.32 Å². The van der Waals surface area contributed by atoms with E-state index in [4.69, 9.17) is 10.5 Å². The topological polar surface area (TPSA) is 79.9 Å². The molecule has 0 aliphatic rings. The van der Waals surface area contributed by atoms with Crippen LogP contribution in [0.3, 0.4) is 0 Å². The van der Waals surface area contributed by atoms with Crippen LogP contribution >= 0.6 is 0 Å². The first-order chi connectivity index (χ1) is 11.5. The zero-order chi connectivity index (χ0) is 17.5. The Hall–Kier alpha value is -3.57. The van der Waals surface area contributed by atoms with E-state index in [-0.39, 0.29) is 11.5 Å². The largest absolute Gasteiger partial charge is 0.360 e. The maximum Gasteiger partial charge on any atom is 0.253 e. The zero-order valence-electron chi connectivity index (χ0n) is 13.4.